The first-order chi connectivity index (χ1) is 18.5. The Kier molecular flexibility index (Phi) is 8.71. The molecule has 1 unspecified atom stereocenters. The molecule has 2 amide bonds. The van der Waals surface area contributed by atoms with E-state index in [4.69, 9.17) is 9.47 Å². The molecule has 0 radical (unpaired) electrons. The van der Waals surface area contributed by atoms with Crippen LogP contribution in [0.5, 0.6) is 6.01 Å². The molecular formula is C28H35N5O5S. The Morgan fingerprint density at radius 3 is 2.74 bits per heavy atom. The number of benzene rings is 1. The van der Waals surface area contributed by atoms with Gasteiger partial charge in [0.25, 0.3) is 5.91 Å². The second-order valence-electron chi connectivity index (χ2n) is 10.5. The summed E-state index contributed by atoms with van der Waals surface area (Å²) in [7, 11) is 3.56. The molecule has 1 aliphatic rings. The molecule has 208 valence electrons. The van der Waals surface area contributed by atoms with Gasteiger partial charge in [-0.15, -0.1) is 11.3 Å². The van der Waals surface area contributed by atoms with Crippen molar-refractivity contribution in [3.8, 4) is 6.01 Å². The van der Waals surface area contributed by atoms with Gasteiger partial charge in [0, 0.05) is 50.5 Å². The van der Waals surface area contributed by atoms with E-state index in [2.05, 4.69) is 9.97 Å². The Bertz CT molecular complexity index is 1290. The summed E-state index contributed by atoms with van der Waals surface area (Å²) >= 11 is 1.61. The molecule has 11 heteroatoms. The highest BCUT2D eigenvalue weighted by Gasteiger charge is 2.28. The summed E-state index contributed by atoms with van der Waals surface area (Å²) in [6.45, 7) is 7.34. The standard InChI is InChI=1S/C28H35N5O5S/c1-28(2,3)38-27(36)32(5)12-11-22(23-10-7-15-39-23)37-18-19-8-6-9-20(16-19)33-14-13-31(4)24-21(25(33)34)17-29-26(35)30-24/h6-10,15-17,22H,11-14,18H2,1-5H3,(H,29,30,35). The van der Waals surface area contributed by atoms with Crippen molar-refractivity contribution in [1.82, 2.24) is 14.9 Å². The molecule has 39 heavy (non-hydrogen) atoms. The maximum atomic E-state index is 13.4. The van der Waals surface area contributed by atoms with Crippen LogP contribution in [-0.2, 0) is 16.1 Å². The van der Waals surface area contributed by atoms with Gasteiger partial charge in [-0.25, -0.2) is 9.78 Å². The molecule has 0 aliphatic carbocycles. The topological polar surface area (TPSA) is 108 Å². The van der Waals surface area contributed by atoms with Gasteiger partial charge in [0.05, 0.1) is 12.7 Å². The molecule has 2 aromatic heterocycles. The fraction of sp³-hybridized carbons (Fsp3) is 0.429. The average molecular weight is 554 g/mol. The lowest BCUT2D eigenvalue weighted by Gasteiger charge is -2.26. The van der Waals surface area contributed by atoms with Crippen molar-refractivity contribution in [2.45, 2.75) is 45.5 Å². The zero-order chi connectivity index (χ0) is 28.2. The summed E-state index contributed by atoms with van der Waals surface area (Å²) in [4.78, 5) is 39.8. The van der Waals surface area contributed by atoms with Gasteiger partial charge in [0.1, 0.15) is 17.0 Å². The number of aromatic hydroxyl groups is 1. The van der Waals surface area contributed by atoms with E-state index in [1.807, 2.05) is 74.5 Å². The molecule has 1 atom stereocenters. The smallest absolute Gasteiger partial charge is 0.410 e. The number of ether oxygens (including phenoxy) is 2. The van der Waals surface area contributed by atoms with Crippen LogP contribution in [0.4, 0.5) is 16.3 Å². The van der Waals surface area contributed by atoms with Crippen LogP contribution in [0.25, 0.3) is 0 Å². The monoisotopic (exact) mass is 553 g/mol. The number of rotatable bonds is 8. The van der Waals surface area contributed by atoms with Crippen LogP contribution in [-0.4, -0.2) is 71.3 Å². The number of hydrogen-bond acceptors (Lipinski definition) is 9. The lowest BCUT2D eigenvalue weighted by Crippen LogP contribution is -2.35. The van der Waals surface area contributed by atoms with Crippen LogP contribution in [0.3, 0.4) is 0 Å². The highest BCUT2D eigenvalue weighted by atomic mass is 32.1. The van der Waals surface area contributed by atoms with Gasteiger partial charge in [-0.1, -0.05) is 18.2 Å². The number of aromatic nitrogens is 2. The minimum atomic E-state index is -0.555. The normalized spacial score (nSPS) is 14.5. The van der Waals surface area contributed by atoms with Crippen LogP contribution < -0.4 is 9.80 Å². The van der Waals surface area contributed by atoms with E-state index in [0.29, 0.717) is 44.0 Å². The number of amides is 2. The van der Waals surface area contributed by atoms with E-state index in [9.17, 15) is 14.7 Å². The number of likely N-dealkylation sites (N-methyl/N-ethyl adjacent to an activating group) is 1. The number of anilines is 2. The molecule has 4 rings (SSSR count). The SMILES string of the molecule is CN(CCC(OCc1cccc(N2CCN(C)c3nc(O)ncc3C2=O)c1)c1cccs1)C(=O)OC(C)(C)C. The second-order valence-corrected chi connectivity index (χ2v) is 11.4. The van der Waals surface area contributed by atoms with Crippen LogP contribution in [0.15, 0.2) is 48.0 Å². The van der Waals surface area contributed by atoms with Crippen molar-refractivity contribution in [3.05, 3.63) is 64.0 Å². The van der Waals surface area contributed by atoms with Gasteiger partial charge < -0.3 is 29.3 Å². The third kappa shape index (κ3) is 7.24. The van der Waals surface area contributed by atoms with E-state index in [1.165, 1.54) is 6.20 Å². The molecule has 1 N–H and O–H groups in total. The van der Waals surface area contributed by atoms with E-state index < -0.39 is 5.60 Å². The zero-order valence-corrected chi connectivity index (χ0v) is 23.8. The van der Waals surface area contributed by atoms with E-state index >= 15 is 0 Å². The zero-order valence-electron chi connectivity index (χ0n) is 23.0. The summed E-state index contributed by atoms with van der Waals surface area (Å²) in [5.74, 6) is 0.179. The molecule has 1 aromatic carbocycles. The first-order valence-corrected chi connectivity index (χ1v) is 13.7. The lowest BCUT2D eigenvalue weighted by atomic mass is 10.1. The van der Waals surface area contributed by atoms with Gasteiger partial charge in [-0.05, 0) is 56.3 Å². The summed E-state index contributed by atoms with van der Waals surface area (Å²) in [6.07, 6.45) is 1.40. The predicted molar refractivity (Wildman–Crippen MR) is 150 cm³/mol. The van der Waals surface area contributed by atoms with Crippen molar-refractivity contribution in [2.24, 2.45) is 0 Å². The van der Waals surface area contributed by atoms with E-state index in [0.717, 1.165) is 16.1 Å². The Hall–Kier alpha value is -3.70. The van der Waals surface area contributed by atoms with E-state index in [-0.39, 0.29) is 24.1 Å². The number of carbonyl (C=O) groups excluding carboxylic acids is 2. The Morgan fingerprint density at radius 2 is 2.03 bits per heavy atom. The minimum Gasteiger partial charge on any atom is -0.479 e. The van der Waals surface area contributed by atoms with Crippen molar-refractivity contribution < 1.29 is 24.2 Å². The largest absolute Gasteiger partial charge is 0.479 e. The second kappa shape index (κ2) is 12.0. The lowest BCUT2D eigenvalue weighted by molar-refractivity contribution is 0.0148. The fourth-order valence-corrected chi connectivity index (χ4v) is 5.00. The summed E-state index contributed by atoms with van der Waals surface area (Å²) in [5.41, 5.74) is 1.44. The maximum absolute atomic E-state index is 13.4. The fourth-order valence-electron chi connectivity index (χ4n) is 4.19. The van der Waals surface area contributed by atoms with Crippen LogP contribution >= 0.6 is 11.3 Å². The average Bonchev–Trinajstić information content (AvgIpc) is 3.38. The molecule has 3 heterocycles. The van der Waals surface area contributed by atoms with Gasteiger partial charge in [0.2, 0.25) is 0 Å². The number of carbonyl (C=O) groups is 2. The maximum Gasteiger partial charge on any atom is 0.410 e. The van der Waals surface area contributed by atoms with E-state index in [1.54, 1.807) is 28.2 Å². The van der Waals surface area contributed by atoms with Crippen LogP contribution in [0.1, 0.15) is 54.1 Å². The van der Waals surface area contributed by atoms with Crippen molar-refractivity contribution in [2.75, 3.05) is 43.5 Å². The molecule has 0 bridgehead atoms. The van der Waals surface area contributed by atoms with Gasteiger partial charge >= 0.3 is 12.1 Å². The highest BCUT2D eigenvalue weighted by Crippen LogP contribution is 2.30. The Morgan fingerprint density at radius 1 is 1.23 bits per heavy atom. The Labute approximate surface area is 232 Å². The highest BCUT2D eigenvalue weighted by molar-refractivity contribution is 7.10. The molecule has 0 fully saturated rings. The molecular weight excluding hydrogens is 518 g/mol. The summed E-state index contributed by atoms with van der Waals surface area (Å²) in [6, 6.07) is 11.4. The Balaban J connectivity index is 1.45. The van der Waals surface area contributed by atoms with Crippen molar-refractivity contribution in [3.63, 3.8) is 0 Å². The van der Waals surface area contributed by atoms with Crippen LogP contribution in [0.2, 0.25) is 0 Å². The summed E-state index contributed by atoms with van der Waals surface area (Å²) in [5, 5.41) is 11.7. The number of fused-ring (bicyclic) bond motifs is 1. The molecule has 1 aliphatic heterocycles. The minimum absolute atomic E-state index is 0.205. The van der Waals surface area contributed by atoms with Gasteiger partial charge in [-0.3, -0.25) is 4.79 Å². The molecule has 0 spiro atoms. The molecule has 0 saturated carbocycles. The third-order valence-corrected chi connectivity index (χ3v) is 7.18. The van der Waals surface area contributed by atoms with Crippen molar-refractivity contribution >= 4 is 34.8 Å². The number of hydrogen-bond donors (Lipinski definition) is 1. The quantitative estimate of drug-likeness (QED) is 0.422. The third-order valence-electron chi connectivity index (χ3n) is 6.22. The van der Waals surface area contributed by atoms with Gasteiger partial charge in [-0.2, -0.15) is 4.98 Å². The molecule has 3 aromatic rings. The molecule has 10 nitrogen and oxygen atoms in total. The number of thiophene rings is 1. The first-order valence-electron chi connectivity index (χ1n) is 12.8. The van der Waals surface area contributed by atoms with Crippen LogP contribution in [0, 0.1) is 0 Å². The summed E-state index contributed by atoms with van der Waals surface area (Å²) < 4.78 is 11.8. The molecule has 0 saturated heterocycles. The van der Waals surface area contributed by atoms with Gasteiger partial charge in [0.15, 0.2) is 0 Å². The first kappa shape index (κ1) is 28.3. The number of nitrogens with zero attached hydrogens (tertiary/aromatic N) is 5. The van der Waals surface area contributed by atoms with Crippen molar-refractivity contribution in [1.29, 1.82) is 0 Å². The predicted octanol–water partition coefficient (Wildman–Crippen LogP) is 4.86.